The molecule has 1 unspecified atom stereocenters. The molecule has 2 aliphatic rings. The third kappa shape index (κ3) is 5.29. The number of halogens is 2. The van der Waals surface area contributed by atoms with Gasteiger partial charge in [-0.15, -0.1) is 0 Å². The molecule has 33 heavy (non-hydrogen) atoms. The Labute approximate surface area is 194 Å². The van der Waals surface area contributed by atoms with Crippen molar-refractivity contribution in [1.29, 1.82) is 0 Å². The summed E-state index contributed by atoms with van der Waals surface area (Å²) < 4.78 is 28.6. The molecular formula is C24H29B2F2N3O2. The number of amides is 2. The fourth-order valence-electron chi connectivity index (χ4n) is 4.85. The van der Waals surface area contributed by atoms with Gasteiger partial charge in [-0.1, -0.05) is 34.7 Å². The van der Waals surface area contributed by atoms with E-state index in [4.69, 9.17) is 5.64 Å². The molecule has 2 heterocycles. The van der Waals surface area contributed by atoms with E-state index < -0.39 is 23.4 Å². The van der Waals surface area contributed by atoms with Crippen LogP contribution in [-0.2, 0) is 12.8 Å². The second-order valence-corrected chi connectivity index (χ2v) is 9.26. The van der Waals surface area contributed by atoms with E-state index in [2.05, 4.69) is 10.6 Å². The van der Waals surface area contributed by atoms with Crippen molar-refractivity contribution >= 4 is 36.9 Å². The lowest BCUT2D eigenvalue weighted by molar-refractivity contribution is 0.0932. The van der Waals surface area contributed by atoms with Gasteiger partial charge in [0, 0.05) is 12.6 Å². The van der Waals surface area contributed by atoms with E-state index in [-0.39, 0.29) is 24.0 Å². The molecule has 0 bridgehead atoms. The molecule has 4 N–H and O–H groups in total. The molecule has 2 aromatic rings. The standard InChI is InChI=1S/C24H29B2F2N3O2/c1-14(31-24(33)18-10-15-5-7-25-19(15)12-21(18)27)4-2-3-9-30-23(32)17-11-16-6-8-26(29)20(16)13-22(17)28/h10-14,25H,2-9,29H2,1H3,(H,30,32)(H,31,33). The van der Waals surface area contributed by atoms with E-state index in [1.165, 1.54) is 12.1 Å². The molecule has 0 radical (unpaired) electrons. The number of nitrogens with one attached hydrogen (secondary N) is 2. The molecule has 4 rings (SSSR count). The number of rotatable bonds is 8. The zero-order valence-corrected chi connectivity index (χ0v) is 19.0. The van der Waals surface area contributed by atoms with Crippen molar-refractivity contribution in [3.63, 3.8) is 0 Å². The highest BCUT2D eigenvalue weighted by Gasteiger charge is 2.26. The van der Waals surface area contributed by atoms with Crippen LogP contribution in [0.3, 0.4) is 0 Å². The van der Waals surface area contributed by atoms with Gasteiger partial charge < -0.3 is 16.3 Å². The van der Waals surface area contributed by atoms with Gasteiger partial charge in [-0.05, 0) is 63.3 Å². The molecule has 0 saturated heterocycles. The first-order valence-electron chi connectivity index (χ1n) is 11.8. The minimum absolute atomic E-state index is 0.0554. The smallest absolute Gasteiger partial charge is 0.254 e. The highest BCUT2D eigenvalue weighted by Crippen LogP contribution is 2.18. The molecule has 2 aliphatic heterocycles. The van der Waals surface area contributed by atoms with E-state index >= 15 is 0 Å². The van der Waals surface area contributed by atoms with Crippen LogP contribution in [0.5, 0.6) is 0 Å². The summed E-state index contributed by atoms with van der Waals surface area (Å²) in [7, 11) is 0.869. The fraction of sp³-hybridized carbons (Fsp3) is 0.417. The molecule has 1 atom stereocenters. The fourth-order valence-corrected chi connectivity index (χ4v) is 4.85. The van der Waals surface area contributed by atoms with Gasteiger partial charge >= 0.3 is 0 Å². The zero-order valence-electron chi connectivity index (χ0n) is 19.0. The van der Waals surface area contributed by atoms with Crippen LogP contribution in [0.2, 0.25) is 12.6 Å². The first-order valence-corrected chi connectivity index (χ1v) is 11.8. The number of aryl methyl sites for hydroxylation is 2. The first-order chi connectivity index (χ1) is 15.8. The van der Waals surface area contributed by atoms with Crippen molar-refractivity contribution in [2.45, 2.75) is 57.7 Å². The monoisotopic (exact) mass is 451 g/mol. The van der Waals surface area contributed by atoms with Gasteiger partial charge in [0.05, 0.1) is 11.1 Å². The highest BCUT2D eigenvalue weighted by molar-refractivity contribution is 6.72. The van der Waals surface area contributed by atoms with E-state index in [9.17, 15) is 18.4 Å². The van der Waals surface area contributed by atoms with Crippen molar-refractivity contribution in [3.8, 4) is 0 Å². The second-order valence-electron chi connectivity index (χ2n) is 9.26. The number of carbonyl (C=O) groups is 2. The lowest BCUT2D eigenvalue weighted by Gasteiger charge is -2.15. The molecule has 5 nitrogen and oxygen atoms in total. The number of fused-ring (bicyclic) bond motifs is 2. The highest BCUT2D eigenvalue weighted by atomic mass is 19.1. The van der Waals surface area contributed by atoms with Gasteiger partial charge in [-0.25, -0.2) is 8.78 Å². The van der Waals surface area contributed by atoms with Crippen LogP contribution in [-0.4, -0.2) is 38.5 Å². The van der Waals surface area contributed by atoms with Gasteiger partial charge in [0.15, 0.2) is 7.28 Å². The Hall–Kier alpha value is -2.67. The van der Waals surface area contributed by atoms with Crippen LogP contribution in [0.25, 0.3) is 0 Å². The molecule has 0 saturated carbocycles. The van der Waals surface area contributed by atoms with Crippen LogP contribution in [0, 0.1) is 11.6 Å². The Kier molecular flexibility index (Phi) is 7.17. The van der Waals surface area contributed by atoms with Gasteiger partial charge in [0.25, 0.3) is 18.7 Å². The summed E-state index contributed by atoms with van der Waals surface area (Å²) in [4.78, 5) is 24.9. The Balaban J connectivity index is 1.20. The van der Waals surface area contributed by atoms with Crippen molar-refractivity contribution in [3.05, 3.63) is 58.2 Å². The van der Waals surface area contributed by atoms with Crippen molar-refractivity contribution < 1.29 is 18.4 Å². The summed E-state index contributed by atoms with van der Waals surface area (Å²) in [5.74, 6) is -1.83. The third-order valence-electron chi connectivity index (χ3n) is 6.75. The maximum absolute atomic E-state index is 14.3. The average molecular weight is 451 g/mol. The molecule has 0 aliphatic carbocycles. The minimum Gasteiger partial charge on any atom is -0.366 e. The van der Waals surface area contributed by atoms with Crippen LogP contribution in [0.15, 0.2) is 24.3 Å². The molecular weight excluding hydrogens is 422 g/mol. The first kappa shape index (κ1) is 23.5. The third-order valence-corrected chi connectivity index (χ3v) is 6.75. The average Bonchev–Trinajstić information content (AvgIpc) is 3.38. The summed E-state index contributed by atoms with van der Waals surface area (Å²) in [6.45, 7) is 2.13. The predicted molar refractivity (Wildman–Crippen MR) is 129 cm³/mol. The van der Waals surface area contributed by atoms with Gasteiger partial charge in [0.2, 0.25) is 0 Å². The summed E-state index contributed by atoms with van der Waals surface area (Å²) in [6, 6.07) is 6.04. The van der Waals surface area contributed by atoms with Gasteiger partial charge in [0.1, 0.15) is 11.6 Å². The Morgan fingerprint density at radius 2 is 1.79 bits per heavy atom. The molecule has 0 aromatic heterocycles. The number of carbonyl (C=O) groups excluding carboxylic acids is 2. The number of hydrogen-bond acceptors (Lipinski definition) is 3. The van der Waals surface area contributed by atoms with Crippen molar-refractivity contribution in [2.75, 3.05) is 6.54 Å². The SMILES string of the molecule is CC(CCCCNC(=O)c1cc2c(cc1F)B(N)CC2)NC(=O)c1cc2c(cc1F)BCC2. The van der Waals surface area contributed by atoms with Crippen molar-refractivity contribution in [1.82, 2.24) is 10.6 Å². The lowest BCUT2D eigenvalue weighted by atomic mass is 9.59. The second kappa shape index (κ2) is 10.1. The Morgan fingerprint density at radius 1 is 1.06 bits per heavy atom. The van der Waals surface area contributed by atoms with Crippen LogP contribution in [0.4, 0.5) is 8.78 Å². The van der Waals surface area contributed by atoms with Gasteiger partial charge in [-0.3, -0.25) is 9.59 Å². The maximum atomic E-state index is 14.3. The number of benzene rings is 2. The summed E-state index contributed by atoms with van der Waals surface area (Å²) in [5, 5.41) is 5.63. The number of hydrogen-bond donors (Lipinski definition) is 3. The molecule has 2 aromatic carbocycles. The number of nitrogens with two attached hydrogens (primary N) is 1. The van der Waals surface area contributed by atoms with Crippen LogP contribution < -0.4 is 27.2 Å². The van der Waals surface area contributed by atoms with E-state index in [1.807, 2.05) is 6.92 Å². The predicted octanol–water partition coefficient (Wildman–Crippen LogP) is 1.43. The normalized spacial score (nSPS) is 15.0. The van der Waals surface area contributed by atoms with E-state index in [1.54, 1.807) is 12.1 Å². The summed E-state index contributed by atoms with van der Waals surface area (Å²) >= 11 is 0. The largest absolute Gasteiger partial charge is 0.366 e. The van der Waals surface area contributed by atoms with Gasteiger partial charge in [-0.2, -0.15) is 0 Å². The van der Waals surface area contributed by atoms with Crippen molar-refractivity contribution in [2.24, 2.45) is 5.64 Å². The maximum Gasteiger partial charge on any atom is 0.254 e. The zero-order chi connectivity index (χ0) is 23.5. The van der Waals surface area contributed by atoms with E-state index in [0.717, 1.165) is 61.2 Å². The molecule has 9 heteroatoms. The topological polar surface area (TPSA) is 84.2 Å². The molecule has 172 valence electrons. The quantitative estimate of drug-likeness (QED) is 0.420. The van der Waals surface area contributed by atoms with E-state index in [0.29, 0.717) is 19.4 Å². The molecule has 0 fully saturated rings. The molecule has 2 amide bonds. The summed E-state index contributed by atoms with van der Waals surface area (Å²) in [5.41, 5.74) is 9.92. The minimum atomic E-state index is -0.543. The summed E-state index contributed by atoms with van der Waals surface area (Å²) in [6.07, 6.45) is 5.57. The van der Waals surface area contributed by atoms with Crippen LogP contribution in [0.1, 0.15) is 58.0 Å². The molecule has 0 spiro atoms. The lowest BCUT2D eigenvalue weighted by Crippen LogP contribution is -2.37. The number of unbranched alkanes of at least 4 members (excludes halogenated alkanes) is 1. The van der Waals surface area contributed by atoms with Crippen LogP contribution >= 0.6 is 0 Å². The Morgan fingerprint density at radius 3 is 2.61 bits per heavy atom. The Bertz CT molecular complexity index is 1080.